The van der Waals surface area contributed by atoms with E-state index in [2.05, 4.69) is 20.9 Å². The number of thiophene rings is 1. The van der Waals surface area contributed by atoms with Crippen LogP contribution in [0.3, 0.4) is 0 Å². The second-order valence-electron chi connectivity index (χ2n) is 7.65. The Morgan fingerprint density at radius 1 is 1.24 bits per heavy atom. The van der Waals surface area contributed by atoms with Crippen LogP contribution in [0.5, 0.6) is 0 Å². The van der Waals surface area contributed by atoms with Crippen LogP contribution >= 0.6 is 11.3 Å². The summed E-state index contributed by atoms with van der Waals surface area (Å²) in [5.74, 6) is -6.82. The van der Waals surface area contributed by atoms with Crippen molar-refractivity contribution in [2.45, 2.75) is 37.5 Å². The molecule has 6 nitrogen and oxygen atoms in total. The van der Waals surface area contributed by atoms with E-state index in [-0.39, 0.29) is 5.82 Å². The number of hydrazone groups is 1. The van der Waals surface area contributed by atoms with Gasteiger partial charge in [0, 0.05) is 17.4 Å². The number of fused-ring (bicyclic) bond motifs is 1. The number of nitrogens with one attached hydrogen (secondary N) is 2. The van der Waals surface area contributed by atoms with E-state index in [0.717, 1.165) is 28.6 Å². The molecule has 34 heavy (non-hydrogen) atoms. The highest BCUT2D eigenvalue weighted by Gasteiger charge is 2.64. The van der Waals surface area contributed by atoms with Crippen LogP contribution in [0.15, 0.2) is 46.9 Å². The molecular formula is C21H17F6N5OS. The number of amides is 1. The Kier molecular flexibility index (Phi) is 6.14. The molecule has 0 unspecified atom stereocenters. The predicted octanol–water partition coefficient (Wildman–Crippen LogP) is 5.45. The third kappa shape index (κ3) is 4.52. The summed E-state index contributed by atoms with van der Waals surface area (Å²) in [6.07, 6.45) is -5.17. The van der Waals surface area contributed by atoms with Crippen LogP contribution in [0.2, 0.25) is 0 Å². The maximum absolute atomic E-state index is 14.5. The number of carbonyl (C=O) groups is 1. The van der Waals surface area contributed by atoms with Crippen molar-refractivity contribution in [2.75, 3.05) is 5.32 Å². The monoisotopic (exact) mass is 501 g/mol. The Bertz CT molecular complexity index is 1220. The van der Waals surface area contributed by atoms with Crippen LogP contribution in [0.1, 0.15) is 45.0 Å². The van der Waals surface area contributed by atoms with Gasteiger partial charge >= 0.3 is 12.1 Å². The topological polar surface area (TPSA) is 71.3 Å². The summed E-state index contributed by atoms with van der Waals surface area (Å²) in [5.41, 5.74) is 3.02. The normalized spacial score (nSPS) is 18.6. The first-order valence-electron chi connectivity index (χ1n) is 9.91. The van der Waals surface area contributed by atoms with Crippen molar-refractivity contribution in [3.8, 4) is 0 Å². The zero-order chi connectivity index (χ0) is 24.7. The number of hydrogen-bond donors (Lipinski definition) is 2. The molecule has 0 saturated heterocycles. The summed E-state index contributed by atoms with van der Waals surface area (Å²) < 4.78 is 82.4. The lowest BCUT2D eigenvalue weighted by Crippen LogP contribution is -2.47. The van der Waals surface area contributed by atoms with E-state index in [9.17, 15) is 31.1 Å². The molecule has 3 aromatic rings. The lowest BCUT2D eigenvalue weighted by Gasteiger charge is -2.37. The Hall–Kier alpha value is -3.35. The van der Waals surface area contributed by atoms with Gasteiger partial charge in [-0.15, -0.1) is 11.3 Å². The van der Waals surface area contributed by atoms with Gasteiger partial charge in [-0.1, -0.05) is 12.1 Å². The Balaban J connectivity index is 1.64. The first kappa shape index (κ1) is 23.8. The Morgan fingerprint density at radius 2 is 1.94 bits per heavy atom. The van der Waals surface area contributed by atoms with Gasteiger partial charge < -0.3 is 5.32 Å². The third-order valence-corrected chi connectivity index (χ3v) is 6.32. The number of aromatic nitrogens is 2. The molecule has 2 atom stereocenters. The molecule has 1 aliphatic rings. The highest BCUT2D eigenvalue weighted by atomic mass is 32.1. The molecule has 3 heterocycles. The maximum atomic E-state index is 14.5. The lowest BCUT2D eigenvalue weighted by atomic mass is 9.93. The van der Waals surface area contributed by atoms with Crippen LogP contribution in [0.4, 0.5) is 32.2 Å². The molecular weight excluding hydrogens is 484 g/mol. The van der Waals surface area contributed by atoms with E-state index in [1.807, 2.05) is 18.4 Å². The Labute approximate surface area is 193 Å². The van der Waals surface area contributed by atoms with Gasteiger partial charge in [-0.05, 0) is 41.6 Å². The number of nitrogens with zero attached hydrogens (tertiary/aromatic N) is 3. The Morgan fingerprint density at radius 3 is 2.56 bits per heavy atom. The summed E-state index contributed by atoms with van der Waals surface area (Å²) in [5, 5.41) is 12.1. The van der Waals surface area contributed by atoms with E-state index in [1.165, 1.54) is 29.7 Å². The van der Waals surface area contributed by atoms with Gasteiger partial charge in [0.25, 0.3) is 5.91 Å². The van der Waals surface area contributed by atoms with Gasteiger partial charge in [0.2, 0.25) is 0 Å². The molecule has 2 N–H and O–H groups in total. The number of aryl methyl sites for hydroxylation is 1. The molecule has 2 aromatic heterocycles. The van der Waals surface area contributed by atoms with Crippen molar-refractivity contribution in [1.29, 1.82) is 0 Å². The van der Waals surface area contributed by atoms with E-state index in [4.69, 9.17) is 0 Å². The van der Waals surface area contributed by atoms with Crippen molar-refractivity contribution < 1.29 is 31.1 Å². The van der Waals surface area contributed by atoms with E-state index in [1.54, 1.807) is 0 Å². The predicted molar refractivity (Wildman–Crippen MR) is 114 cm³/mol. The van der Waals surface area contributed by atoms with E-state index in [0.29, 0.717) is 10.2 Å². The van der Waals surface area contributed by atoms with Crippen LogP contribution in [0.25, 0.3) is 0 Å². The second kappa shape index (κ2) is 8.78. The van der Waals surface area contributed by atoms with Gasteiger partial charge in [0.1, 0.15) is 17.7 Å². The minimum Gasteiger partial charge on any atom is -0.363 e. The average molecular weight is 501 g/mol. The highest BCUT2D eigenvalue weighted by Crippen LogP contribution is 2.50. The van der Waals surface area contributed by atoms with Gasteiger partial charge in [0.05, 0.1) is 12.3 Å². The summed E-state index contributed by atoms with van der Waals surface area (Å²) in [4.78, 5) is 13.2. The SMILES string of the molecule is Cc1ccsc1/C=N\NC(=O)c1cc2n(n1)[C@H](C(F)(F)C(F)(F)F)C[C@H](c1ccc(F)cc1)N2. The highest BCUT2D eigenvalue weighted by molar-refractivity contribution is 7.11. The first-order valence-corrected chi connectivity index (χ1v) is 10.8. The fourth-order valence-corrected chi connectivity index (χ4v) is 4.33. The molecule has 1 aromatic carbocycles. The van der Waals surface area contributed by atoms with Crippen molar-refractivity contribution in [3.05, 3.63) is 69.3 Å². The minimum atomic E-state index is -5.85. The summed E-state index contributed by atoms with van der Waals surface area (Å²) in [7, 11) is 0. The zero-order valence-electron chi connectivity index (χ0n) is 17.4. The molecule has 180 valence electrons. The quantitative estimate of drug-likeness (QED) is 0.278. The molecule has 1 aliphatic heterocycles. The van der Waals surface area contributed by atoms with Crippen LogP contribution in [0, 0.1) is 12.7 Å². The van der Waals surface area contributed by atoms with Gasteiger partial charge in [-0.25, -0.2) is 14.5 Å². The van der Waals surface area contributed by atoms with Crippen LogP contribution < -0.4 is 10.7 Å². The largest absolute Gasteiger partial charge is 0.455 e. The second-order valence-corrected chi connectivity index (χ2v) is 8.59. The van der Waals surface area contributed by atoms with Crippen molar-refractivity contribution in [2.24, 2.45) is 5.10 Å². The molecule has 0 spiro atoms. The molecule has 13 heteroatoms. The standard InChI is InChI=1S/C21H17F6N5OS/c1-11-6-7-34-16(11)10-28-30-19(33)15-9-18-29-14(12-2-4-13(22)5-3-12)8-17(32(18)31-15)20(23,24)21(25,26)27/h2-7,9-10,14,17,29H,8H2,1H3,(H,30,33)/b28-10-/t14-,17+/m1/s1. The molecule has 0 radical (unpaired) electrons. The fourth-order valence-electron chi connectivity index (χ4n) is 3.54. The van der Waals surface area contributed by atoms with Crippen LogP contribution in [-0.4, -0.2) is 34.0 Å². The van der Waals surface area contributed by atoms with E-state index < -0.39 is 48.0 Å². The number of carbonyl (C=O) groups excluding carboxylic acids is 1. The fraction of sp³-hybridized carbons (Fsp3) is 0.286. The van der Waals surface area contributed by atoms with Gasteiger partial charge in [0.15, 0.2) is 5.69 Å². The molecule has 0 saturated carbocycles. The first-order chi connectivity index (χ1) is 16.0. The van der Waals surface area contributed by atoms with Crippen LogP contribution in [-0.2, 0) is 0 Å². The zero-order valence-corrected chi connectivity index (χ0v) is 18.2. The van der Waals surface area contributed by atoms with Crippen molar-refractivity contribution >= 4 is 29.3 Å². The number of halogens is 6. The lowest BCUT2D eigenvalue weighted by molar-refractivity contribution is -0.301. The number of benzene rings is 1. The smallest absolute Gasteiger partial charge is 0.363 e. The summed E-state index contributed by atoms with van der Waals surface area (Å²) in [6.45, 7) is 1.84. The van der Waals surface area contributed by atoms with Crippen molar-refractivity contribution in [3.63, 3.8) is 0 Å². The molecule has 0 bridgehead atoms. The number of alkyl halides is 5. The van der Waals surface area contributed by atoms with Gasteiger partial charge in [-0.3, -0.25) is 4.79 Å². The average Bonchev–Trinajstić information content (AvgIpc) is 3.38. The third-order valence-electron chi connectivity index (χ3n) is 5.36. The molecule has 1 amide bonds. The molecule has 0 aliphatic carbocycles. The maximum Gasteiger partial charge on any atom is 0.455 e. The van der Waals surface area contributed by atoms with Gasteiger partial charge in [-0.2, -0.15) is 32.2 Å². The molecule has 4 rings (SSSR count). The number of hydrogen-bond acceptors (Lipinski definition) is 5. The number of rotatable bonds is 5. The summed E-state index contributed by atoms with van der Waals surface area (Å²) in [6, 6.07) is 4.21. The van der Waals surface area contributed by atoms with Crippen molar-refractivity contribution in [1.82, 2.24) is 15.2 Å². The van der Waals surface area contributed by atoms with E-state index >= 15 is 0 Å². The number of anilines is 1. The molecule has 0 fully saturated rings. The summed E-state index contributed by atoms with van der Waals surface area (Å²) >= 11 is 1.38. The minimum absolute atomic E-state index is 0.210.